The highest BCUT2D eigenvalue weighted by atomic mass is 35.5. The van der Waals surface area contributed by atoms with Crippen LogP contribution in [-0.4, -0.2) is 37.3 Å². The van der Waals surface area contributed by atoms with Crippen LogP contribution in [0.15, 0.2) is 41.3 Å². The number of aromatic nitrogens is 2. The first-order valence-electron chi connectivity index (χ1n) is 8.10. The molecule has 0 aliphatic heterocycles. The zero-order valence-corrected chi connectivity index (χ0v) is 16.0. The van der Waals surface area contributed by atoms with Crippen LogP contribution in [0.25, 0.3) is 5.52 Å². The lowest BCUT2D eigenvalue weighted by Crippen LogP contribution is -2.42. The van der Waals surface area contributed by atoms with Gasteiger partial charge >= 0.3 is 5.97 Å². The molecule has 146 valence electrons. The standard InChI is InChI=1S/C18H15Cl2N3O5/c1-9(18(27)28)21-16(25)14-15(24)13-6-12(20)8-22(13)23(17(14)26)7-10-2-4-11(19)5-3-10/h2-6,8-9,24H,7H2,1H3,(H,21,25)(H,27,28)/t9-/m0/s1. The Morgan fingerprint density at radius 2 is 1.82 bits per heavy atom. The van der Waals surface area contributed by atoms with Crippen molar-refractivity contribution in [3.8, 4) is 5.75 Å². The number of nitrogens with zero attached hydrogens (tertiary/aromatic N) is 2. The van der Waals surface area contributed by atoms with E-state index in [0.717, 1.165) is 0 Å². The molecule has 2 aromatic heterocycles. The topological polar surface area (TPSA) is 113 Å². The molecule has 0 saturated heterocycles. The third kappa shape index (κ3) is 3.69. The number of fused-ring (bicyclic) bond motifs is 1. The van der Waals surface area contributed by atoms with E-state index in [4.69, 9.17) is 28.3 Å². The van der Waals surface area contributed by atoms with Crippen molar-refractivity contribution in [1.29, 1.82) is 0 Å². The van der Waals surface area contributed by atoms with Crippen molar-refractivity contribution in [3.05, 3.63) is 68.1 Å². The lowest BCUT2D eigenvalue weighted by Gasteiger charge is -2.15. The summed E-state index contributed by atoms with van der Waals surface area (Å²) in [5.74, 6) is -2.86. The highest BCUT2D eigenvalue weighted by molar-refractivity contribution is 6.31. The average Bonchev–Trinajstić information content (AvgIpc) is 3.02. The third-order valence-electron chi connectivity index (χ3n) is 4.15. The molecule has 1 amide bonds. The van der Waals surface area contributed by atoms with Gasteiger partial charge in [0.05, 0.1) is 11.6 Å². The third-order valence-corrected chi connectivity index (χ3v) is 4.60. The fourth-order valence-corrected chi connectivity index (χ4v) is 3.02. The van der Waals surface area contributed by atoms with Gasteiger partial charge in [-0.15, -0.1) is 0 Å². The highest BCUT2D eigenvalue weighted by Crippen LogP contribution is 2.26. The van der Waals surface area contributed by atoms with Crippen molar-refractivity contribution in [1.82, 2.24) is 14.5 Å². The summed E-state index contributed by atoms with van der Waals surface area (Å²) in [7, 11) is 0. The van der Waals surface area contributed by atoms with Gasteiger partial charge in [0.2, 0.25) is 0 Å². The van der Waals surface area contributed by atoms with Crippen LogP contribution in [-0.2, 0) is 11.3 Å². The number of hydrogen-bond donors (Lipinski definition) is 3. The molecule has 3 N–H and O–H groups in total. The molecule has 0 unspecified atom stereocenters. The molecule has 0 spiro atoms. The average molecular weight is 424 g/mol. The number of carboxylic acids is 1. The number of aliphatic carboxylic acids is 1. The van der Waals surface area contributed by atoms with Crippen molar-refractivity contribution in [2.75, 3.05) is 0 Å². The number of carbonyl (C=O) groups is 2. The van der Waals surface area contributed by atoms with Gasteiger partial charge in [0.25, 0.3) is 11.5 Å². The zero-order valence-electron chi connectivity index (χ0n) is 14.5. The highest BCUT2D eigenvalue weighted by Gasteiger charge is 2.25. The van der Waals surface area contributed by atoms with Crippen LogP contribution in [0.4, 0.5) is 0 Å². The Morgan fingerprint density at radius 1 is 1.18 bits per heavy atom. The molecule has 8 nitrogen and oxygen atoms in total. The molecule has 10 heteroatoms. The summed E-state index contributed by atoms with van der Waals surface area (Å²) >= 11 is 11.9. The monoisotopic (exact) mass is 423 g/mol. The van der Waals surface area contributed by atoms with E-state index in [0.29, 0.717) is 10.6 Å². The Morgan fingerprint density at radius 3 is 2.43 bits per heavy atom. The van der Waals surface area contributed by atoms with Crippen LogP contribution in [0, 0.1) is 0 Å². The van der Waals surface area contributed by atoms with Crippen LogP contribution in [0.3, 0.4) is 0 Å². The predicted octanol–water partition coefficient (Wildman–Crippen LogP) is 2.36. The second-order valence-corrected chi connectivity index (χ2v) is 7.01. The largest absolute Gasteiger partial charge is 0.505 e. The normalized spacial score (nSPS) is 12.1. The Balaban J connectivity index is 2.17. The smallest absolute Gasteiger partial charge is 0.325 e. The number of nitrogens with one attached hydrogen (secondary N) is 1. The van der Waals surface area contributed by atoms with E-state index in [-0.39, 0.29) is 17.1 Å². The van der Waals surface area contributed by atoms with Gasteiger partial charge < -0.3 is 15.5 Å². The maximum absolute atomic E-state index is 13.0. The summed E-state index contributed by atoms with van der Waals surface area (Å²) in [4.78, 5) is 36.5. The molecule has 3 rings (SSSR count). The first-order chi connectivity index (χ1) is 13.2. The SMILES string of the molecule is C[C@H](NC(=O)c1c(O)c2cc(Cl)cn2n(Cc2ccc(Cl)cc2)c1=O)C(=O)O. The van der Waals surface area contributed by atoms with Gasteiger partial charge in [0, 0.05) is 11.2 Å². The molecule has 3 aromatic rings. The summed E-state index contributed by atoms with van der Waals surface area (Å²) in [6, 6.07) is 6.89. The number of rotatable bonds is 5. The second kappa shape index (κ2) is 7.57. The Hall–Kier alpha value is -2.97. The van der Waals surface area contributed by atoms with Gasteiger partial charge in [-0.25, -0.2) is 4.68 Å². The maximum Gasteiger partial charge on any atom is 0.325 e. The summed E-state index contributed by atoms with van der Waals surface area (Å²) in [5, 5.41) is 22.4. The number of halogens is 2. The molecule has 0 aliphatic rings. The predicted molar refractivity (Wildman–Crippen MR) is 103 cm³/mol. The van der Waals surface area contributed by atoms with Crippen molar-refractivity contribution in [2.45, 2.75) is 19.5 Å². The van der Waals surface area contributed by atoms with E-state index in [1.54, 1.807) is 24.3 Å². The number of benzene rings is 1. The molecule has 0 bridgehead atoms. The van der Waals surface area contributed by atoms with E-state index in [1.807, 2.05) is 0 Å². The van der Waals surface area contributed by atoms with Crippen molar-refractivity contribution in [3.63, 3.8) is 0 Å². The van der Waals surface area contributed by atoms with Crippen LogP contribution in [0.1, 0.15) is 22.8 Å². The lowest BCUT2D eigenvalue weighted by molar-refractivity contribution is -0.138. The second-order valence-electron chi connectivity index (χ2n) is 6.13. The first kappa shape index (κ1) is 19.8. The van der Waals surface area contributed by atoms with Crippen molar-refractivity contribution in [2.24, 2.45) is 0 Å². The Kier molecular flexibility index (Phi) is 5.35. The molecule has 0 saturated carbocycles. The van der Waals surface area contributed by atoms with Crippen LogP contribution in [0.2, 0.25) is 10.0 Å². The molecule has 1 atom stereocenters. The van der Waals surface area contributed by atoms with E-state index in [9.17, 15) is 19.5 Å². The molecule has 28 heavy (non-hydrogen) atoms. The molecular formula is C18H15Cl2N3O5. The first-order valence-corrected chi connectivity index (χ1v) is 8.86. The van der Waals surface area contributed by atoms with E-state index >= 15 is 0 Å². The number of hydrogen-bond acceptors (Lipinski definition) is 4. The Labute approximate surface area is 168 Å². The quantitative estimate of drug-likeness (QED) is 0.582. The zero-order chi connectivity index (χ0) is 20.6. The van der Waals surface area contributed by atoms with Crippen LogP contribution >= 0.6 is 23.2 Å². The molecule has 2 heterocycles. The van der Waals surface area contributed by atoms with Crippen LogP contribution < -0.4 is 10.9 Å². The molecule has 0 aliphatic carbocycles. The van der Waals surface area contributed by atoms with E-state index in [2.05, 4.69) is 5.32 Å². The van der Waals surface area contributed by atoms with Gasteiger partial charge in [-0.2, -0.15) is 0 Å². The van der Waals surface area contributed by atoms with E-state index in [1.165, 1.54) is 28.4 Å². The molecule has 1 aromatic carbocycles. The minimum Gasteiger partial charge on any atom is -0.505 e. The Bertz CT molecular complexity index is 1130. The van der Waals surface area contributed by atoms with Gasteiger partial charge in [0.1, 0.15) is 17.1 Å². The van der Waals surface area contributed by atoms with Crippen molar-refractivity contribution >= 4 is 40.6 Å². The minimum absolute atomic E-state index is 0.0621. The van der Waals surface area contributed by atoms with Gasteiger partial charge in [-0.3, -0.25) is 18.9 Å². The molecule has 0 fully saturated rings. The molecular weight excluding hydrogens is 409 g/mol. The summed E-state index contributed by atoms with van der Waals surface area (Å²) in [6.07, 6.45) is 1.43. The van der Waals surface area contributed by atoms with Crippen LogP contribution in [0.5, 0.6) is 5.75 Å². The number of carboxylic acid groups (broad SMARTS) is 1. The number of amides is 1. The maximum atomic E-state index is 13.0. The van der Waals surface area contributed by atoms with E-state index < -0.39 is 34.8 Å². The number of aromatic hydroxyl groups is 1. The van der Waals surface area contributed by atoms with Gasteiger partial charge in [-0.05, 0) is 30.7 Å². The fourth-order valence-electron chi connectivity index (χ4n) is 2.70. The van der Waals surface area contributed by atoms with Gasteiger partial charge in [-0.1, -0.05) is 35.3 Å². The summed E-state index contributed by atoms with van der Waals surface area (Å²) in [5.41, 5.74) is -0.521. The minimum atomic E-state index is -1.28. The fraction of sp³-hybridized carbons (Fsp3) is 0.167. The lowest BCUT2D eigenvalue weighted by atomic mass is 10.2. The van der Waals surface area contributed by atoms with Gasteiger partial charge in [0.15, 0.2) is 5.75 Å². The summed E-state index contributed by atoms with van der Waals surface area (Å²) < 4.78 is 2.55. The summed E-state index contributed by atoms with van der Waals surface area (Å²) in [6.45, 7) is 1.31. The molecule has 0 radical (unpaired) electrons. The number of carbonyl (C=O) groups excluding carboxylic acids is 1. The van der Waals surface area contributed by atoms with Crippen molar-refractivity contribution < 1.29 is 19.8 Å².